The van der Waals surface area contributed by atoms with Crippen molar-refractivity contribution >= 4 is 11.9 Å². The molecule has 0 aromatic carbocycles. The van der Waals surface area contributed by atoms with E-state index in [9.17, 15) is 14.7 Å². The fourth-order valence-corrected chi connectivity index (χ4v) is 1.92. The summed E-state index contributed by atoms with van der Waals surface area (Å²) in [4.78, 5) is 22.1. The van der Waals surface area contributed by atoms with Crippen molar-refractivity contribution < 1.29 is 33.6 Å². The molecule has 1 aliphatic heterocycles. The van der Waals surface area contributed by atoms with Crippen molar-refractivity contribution in [2.75, 3.05) is 7.11 Å². The number of hydrogen-bond donors (Lipinski definition) is 1. The van der Waals surface area contributed by atoms with E-state index >= 15 is 0 Å². The van der Waals surface area contributed by atoms with Crippen LogP contribution in [0.5, 0.6) is 0 Å². The molecule has 0 aromatic heterocycles. The molecule has 0 radical (unpaired) electrons. The molecule has 0 aliphatic carbocycles. The van der Waals surface area contributed by atoms with Gasteiger partial charge >= 0.3 is 11.9 Å². The SMILES string of the molecule is CO[C@@H]1[C@H](OC(C)=O)[C@@H](OC(C)=O)[C@H](C)O[C@H]1O. The normalized spacial score (nSPS) is 35.9. The number of methoxy groups -OCH3 is 1. The van der Waals surface area contributed by atoms with Crippen molar-refractivity contribution in [3.05, 3.63) is 0 Å². The molecule has 0 unspecified atom stereocenters. The second-order valence-electron chi connectivity index (χ2n) is 4.08. The Morgan fingerprint density at radius 1 is 1.06 bits per heavy atom. The van der Waals surface area contributed by atoms with Crippen LogP contribution in [0.3, 0.4) is 0 Å². The molecule has 1 rings (SSSR count). The second-order valence-corrected chi connectivity index (χ2v) is 4.08. The molecule has 0 bridgehead atoms. The van der Waals surface area contributed by atoms with Gasteiger partial charge in [-0.15, -0.1) is 0 Å². The third kappa shape index (κ3) is 3.41. The van der Waals surface area contributed by atoms with Crippen LogP contribution < -0.4 is 0 Å². The maximum atomic E-state index is 11.1. The summed E-state index contributed by atoms with van der Waals surface area (Å²) in [7, 11) is 1.34. The maximum absolute atomic E-state index is 11.1. The van der Waals surface area contributed by atoms with Gasteiger partial charge in [0.25, 0.3) is 0 Å². The summed E-state index contributed by atoms with van der Waals surface area (Å²) < 4.78 is 20.3. The molecule has 1 aliphatic rings. The third-order valence-corrected chi connectivity index (χ3v) is 2.62. The molecule has 7 nitrogen and oxygen atoms in total. The molecule has 7 heteroatoms. The summed E-state index contributed by atoms with van der Waals surface area (Å²) in [6.07, 6.45) is -4.50. The van der Waals surface area contributed by atoms with Crippen LogP contribution in [0.2, 0.25) is 0 Å². The third-order valence-electron chi connectivity index (χ3n) is 2.62. The van der Waals surface area contributed by atoms with Gasteiger partial charge in [-0.1, -0.05) is 0 Å². The Labute approximate surface area is 105 Å². The Balaban J connectivity index is 2.93. The molecule has 0 spiro atoms. The van der Waals surface area contributed by atoms with Crippen molar-refractivity contribution in [1.82, 2.24) is 0 Å². The highest BCUT2D eigenvalue weighted by atomic mass is 16.7. The molecule has 104 valence electrons. The number of carbonyl (C=O) groups excluding carboxylic acids is 2. The van der Waals surface area contributed by atoms with E-state index in [1.165, 1.54) is 21.0 Å². The van der Waals surface area contributed by atoms with Crippen LogP contribution in [-0.4, -0.2) is 54.9 Å². The number of aliphatic hydroxyl groups is 1. The Morgan fingerprint density at radius 3 is 2.00 bits per heavy atom. The Kier molecular flexibility index (Phi) is 5.06. The standard InChI is InChI=1S/C11H18O7/c1-5-8(17-6(2)12)9(18-7(3)13)10(15-4)11(14)16-5/h5,8-11,14H,1-4H3/t5-,8-,9+,10+,11+/m0/s1. The Bertz CT molecular complexity index is 317. The number of rotatable bonds is 3. The summed E-state index contributed by atoms with van der Waals surface area (Å²) in [5, 5.41) is 9.70. The summed E-state index contributed by atoms with van der Waals surface area (Å²) in [5.74, 6) is -1.08. The van der Waals surface area contributed by atoms with E-state index in [0.717, 1.165) is 0 Å². The maximum Gasteiger partial charge on any atom is 0.303 e. The van der Waals surface area contributed by atoms with E-state index in [1.807, 2.05) is 0 Å². The number of carbonyl (C=O) groups is 2. The highest BCUT2D eigenvalue weighted by molar-refractivity contribution is 5.67. The first-order valence-corrected chi connectivity index (χ1v) is 5.57. The van der Waals surface area contributed by atoms with E-state index < -0.39 is 42.6 Å². The smallest absolute Gasteiger partial charge is 0.303 e. The van der Waals surface area contributed by atoms with Gasteiger partial charge in [-0.25, -0.2) is 0 Å². The van der Waals surface area contributed by atoms with Gasteiger partial charge in [0.2, 0.25) is 0 Å². The van der Waals surface area contributed by atoms with Crippen molar-refractivity contribution in [3.63, 3.8) is 0 Å². The topological polar surface area (TPSA) is 91.3 Å². The Morgan fingerprint density at radius 2 is 1.56 bits per heavy atom. The van der Waals surface area contributed by atoms with E-state index in [-0.39, 0.29) is 0 Å². The molecule has 5 atom stereocenters. The quantitative estimate of drug-likeness (QED) is 0.692. The molecule has 0 amide bonds. The van der Waals surface area contributed by atoms with Crippen molar-refractivity contribution in [3.8, 4) is 0 Å². The van der Waals surface area contributed by atoms with Gasteiger partial charge in [0.1, 0.15) is 6.10 Å². The fourth-order valence-electron chi connectivity index (χ4n) is 1.92. The lowest BCUT2D eigenvalue weighted by Crippen LogP contribution is -2.59. The van der Waals surface area contributed by atoms with E-state index in [2.05, 4.69) is 0 Å². The predicted molar refractivity (Wildman–Crippen MR) is 58.5 cm³/mol. The predicted octanol–water partition coefficient (Wildman–Crippen LogP) is -0.398. The fraction of sp³-hybridized carbons (Fsp3) is 0.818. The van der Waals surface area contributed by atoms with Crippen LogP contribution in [0.4, 0.5) is 0 Å². The zero-order valence-electron chi connectivity index (χ0n) is 10.8. The first-order valence-electron chi connectivity index (χ1n) is 5.57. The van der Waals surface area contributed by atoms with Crippen LogP contribution in [0, 0.1) is 0 Å². The number of aliphatic hydroxyl groups excluding tert-OH is 1. The van der Waals surface area contributed by atoms with Gasteiger partial charge in [0.15, 0.2) is 18.5 Å². The number of hydrogen-bond acceptors (Lipinski definition) is 7. The highest BCUT2D eigenvalue weighted by Crippen LogP contribution is 2.26. The minimum atomic E-state index is -1.25. The molecular weight excluding hydrogens is 244 g/mol. The van der Waals surface area contributed by atoms with E-state index in [4.69, 9.17) is 18.9 Å². The minimum Gasteiger partial charge on any atom is -0.456 e. The molecule has 1 heterocycles. The van der Waals surface area contributed by atoms with Crippen LogP contribution in [0.1, 0.15) is 20.8 Å². The summed E-state index contributed by atoms with van der Waals surface area (Å²) >= 11 is 0. The van der Waals surface area contributed by atoms with Gasteiger partial charge in [0.05, 0.1) is 6.10 Å². The molecular formula is C11H18O7. The average molecular weight is 262 g/mol. The summed E-state index contributed by atoms with van der Waals surface area (Å²) in [6.45, 7) is 4.08. The van der Waals surface area contributed by atoms with Crippen molar-refractivity contribution in [1.29, 1.82) is 0 Å². The van der Waals surface area contributed by atoms with Crippen LogP contribution in [0.15, 0.2) is 0 Å². The van der Waals surface area contributed by atoms with Crippen LogP contribution >= 0.6 is 0 Å². The highest BCUT2D eigenvalue weighted by Gasteiger charge is 2.48. The molecule has 0 saturated carbocycles. The lowest BCUT2D eigenvalue weighted by molar-refractivity contribution is -0.289. The number of esters is 2. The monoisotopic (exact) mass is 262 g/mol. The van der Waals surface area contributed by atoms with Gasteiger partial charge in [-0.05, 0) is 6.92 Å². The largest absolute Gasteiger partial charge is 0.456 e. The van der Waals surface area contributed by atoms with Gasteiger partial charge in [0, 0.05) is 21.0 Å². The molecule has 1 N–H and O–H groups in total. The van der Waals surface area contributed by atoms with Crippen molar-refractivity contribution in [2.24, 2.45) is 0 Å². The van der Waals surface area contributed by atoms with Gasteiger partial charge < -0.3 is 24.1 Å². The first kappa shape index (κ1) is 14.9. The molecule has 1 saturated heterocycles. The average Bonchev–Trinajstić information content (AvgIpc) is 2.23. The lowest BCUT2D eigenvalue weighted by atomic mass is 9.99. The molecule has 1 fully saturated rings. The second kappa shape index (κ2) is 6.12. The summed E-state index contributed by atoms with van der Waals surface area (Å²) in [5.41, 5.74) is 0. The van der Waals surface area contributed by atoms with Crippen LogP contribution in [-0.2, 0) is 28.5 Å². The zero-order valence-corrected chi connectivity index (χ0v) is 10.8. The van der Waals surface area contributed by atoms with Gasteiger partial charge in [-0.2, -0.15) is 0 Å². The minimum absolute atomic E-state index is 0.529. The zero-order chi connectivity index (χ0) is 13.9. The Hall–Kier alpha value is -1.18. The first-order chi connectivity index (χ1) is 8.36. The van der Waals surface area contributed by atoms with E-state index in [0.29, 0.717) is 0 Å². The number of ether oxygens (including phenoxy) is 4. The van der Waals surface area contributed by atoms with E-state index in [1.54, 1.807) is 6.92 Å². The van der Waals surface area contributed by atoms with Crippen LogP contribution in [0.25, 0.3) is 0 Å². The van der Waals surface area contributed by atoms with Crippen molar-refractivity contribution in [2.45, 2.75) is 51.5 Å². The molecule has 0 aromatic rings. The summed E-state index contributed by atoms with van der Waals surface area (Å²) in [6, 6.07) is 0. The molecule has 18 heavy (non-hydrogen) atoms. The van der Waals surface area contributed by atoms with Gasteiger partial charge in [-0.3, -0.25) is 9.59 Å². The lowest BCUT2D eigenvalue weighted by Gasteiger charge is -2.41.